The Balaban J connectivity index is 1.71. The van der Waals surface area contributed by atoms with Crippen LogP contribution in [-0.2, 0) is 20.7 Å². The van der Waals surface area contributed by atoms with Crippen molar-refractivity contribution in [1.82, 2.24) is 10.2 Å². The number of carboxylic acid groups (broad SMARTS) is 1. The van der Waals surface area contributed by atoms with E-state index in [1.54, 1.807) is 0 Å². The van der Waals surface area contributed by atoms with Gasteiger partial charge in [-0.2, -0.15) is 0 Å². The number of carbonyl (C=O) groups is 2. The molecule has 1 aliphatic heterocycles. The number of benzene rings is 1. The molecule has 25 heavy (non-hydrogen) atoms. The van der Waals surface area contributed by atoms with Gasteiger partial charge in [0.2, 0.25) is 5.91 Å². The number of morpholine rings is 1. The van der Waals surface area contributed by atoms with E-state index in [0.29, 0.717) is 19.6 Å². The number of rotatable bonds is 10. The van der Waals surface area contributed by atoms with Crippen molar-refractivity contribution < 1.29 is 24.2 Å². The van der Waals surface area contributed by atoms with Gasteiger partial charge in [-0.1, -0.05) is 18.2 Å². The van der Waals surface area contributed by atoms with Crippen LogP contribution in [-0.4, -0.2) is 67.9 Å². The highest BCUT2D eigenvalue weighted by molar-refractivity contribution is 5.80. The first-order valence-corrected chi connectivity index (χ1v) is 8.64. The molecule has 0 unspecified atom stereocenters. The average Bonchev–Trinajstić information content (AvgIpc) is 2.62. The molecule has 1 fully saturated rings. The number of carboxylic acids is 1. The van der Waals surface area contributed by atoms with E-state index in [2.05, 4.69) is 10.2 Å². The summed E-state index contributed by atoms with van der Waals surface area (Å²) in [5.74, 6) is -0.377. The van der Waals surface area contributed by atoms with Gasteiger partial charge in [0.15, 0.2) is 0 Å². The molecule has 1 aromatic rings. The van der Waals surface area contributed by atoms with E-state index in [-0.39, 0.29) is 18.7 Å². The fraction of sp³-hybridized carbons (Fsp3) is 0.556. The zero-order valence-electron chi connectivity index (χ0n) is 14.4. The minimum Gasteiger partial charge on any atom is -0.492 e. The summed E-state index contributed by atoms with van der Waals surface area (Å²) in [5.41, 5.74) is 1.03. The molecule has 0 atom stereocenters. The maximum atomic E-state index is 11.5. The minimum atomic E-state index is -0.964. The molecule has 2 N–H and O–H groups in total. The quantitative estimate of drug-likeness (QED) is 0.652. The van der Waals surface area contributed by atoms with Gasteiger partial charge in [0.1, 0.15) is 12.4 Å². The monoisotopic (exact) mass is 350 g/mol. The number of aliphatic carboxylic acids is 1. The van der Waals surface area contributed by atoms with E-state index in [0.717, 1.165) is 44.2 Å². The lowest BCUT2D eigenvalue weighted by molar-refractivity contribution is -0.138. The molecular formula is C18H26N2O5. The van der Waals surface area contributed by atoms with Crippen LogP contribution in [0.15, 0.2) is 24.3 Å². The molecule has 0 spiro atoms. The predicted molar refractivity (Wildman–Crippen MR) is 92.8 cm³/mol. The summed E-state index contributed by atoms with van der Waals surface area (Å²) in [5, 5.41) is 11.3. The fourth-order valence-corrected chi connectivity index (χ4v) is 2.61. The fourth-order valence-electron chi connectivity index (χ4n) is 2.61. The molecule has 0 bridgehead atoms. The Morgan fingerprint density at radius 1 is 1.20 bits per heavy atom. The van der Waals surface area contributed by atoms with Gasteiger partial charge in [0.05, 0.1) is 19.6 Å². The molecule has 0 aliphatic carbocycles. The third-order valence-corrected chi connectivity index (χ3v) is 4.02. The standard InChI is InChI=1S/C18H26N2O5/c21-17(5-6-18(22)23)19-8-7-15-3-1-2-4-16(15)25-14-11-20-9-12-24-13-10-20/h1-4H,5-14H2,(H,19,21)(H,22,23). The zero-order valence-corrected chi connectivity index (χ0v) is 14.4. The highest BCUT2D eigenvalue weighted by atomic mass is 16.5. The Bertz CT molecular complexity index is 558. The third kappa shape index (κ3) is 7.53. The number of para-hydroxylation sites is 1. The molecule has 2 rings (SSSR count). The minimum absolute atomic E-state index is 0.00697. The number of ether oxygens (including phenoxy) is 2. The third-order valence-electron chi connectivity index (χ3n) is 4.02. The van der Waals surface area contributed by atoms with Crippen LogP contribution in [0.3, 0.4) is 0 Å². The van der Waals surface area contributed by atoms with Crippen molar-refractivity contribution in [3.05, 3.63) is 29.8 Å². The van der Waals surface area contributed by atoms with Crippen LogP contribution >= 0.6 is 0 Å². The zero-order chi connectivity index (χ0) is 17.9. The van der Waals surface area contributed by atoms with Crippen molar-refractivity contribution in [2.45, 2.75) is 19.3 Å². The van der Waals surface area contributed by atoms with Gasteiger partial charge in [0.25, 0.3) is 0 Å². The van der Waals surface area contributed by atoms with Crippen LogP contribution in [0.1, 0.15) is 18.4 Å². The van der Waals surface area contributed by atoms with Crippen LogP contribution in [0.2, 0.25) is 0 Å². The predicted octanol–water partition coefficient (Wildman–Crippen LogP) is 0.921. The summed E-state index contributed by atoms with van der Waals surface area (Å²) in [6, 6.07) is 7.78. The summed E-state index contributed by atoms with van der Waals surface area (Å²) in [7, 11) is 0. The van der Waals surface area contributed by atoms with Gasteiger partial charge < -0.3 is 19.9 Å². The maximum Gasteiger partial charge on any atom is 0.303 e. The van der Waals surface area contributed by atoms with Crippen LogP contribution in [0.4, 0.5) is 0 Å². The molecule has 0 saturated carbocycles. The molecule has 1 aromatic carbocycles. The van der Waals surface area contributed by atoms with E-state index >= 15 is 0 Å². The van der Waals surface area contributed by atoms with E-state index in [9.17, 15) is 9.59 Å². The highest BCUT2D eigenvalue weighted by Gasteiger charge is 2.11. The number of carbonyl (C=O) groups excluding carboxylic acids is 1. The highest BCUT2D eigenvalue weighted by Crippen LogP contribution is 2.18. The van der Waals surface area contributed by atoms with Crippen molar-refractivity contribution >= 4 is 11.9 Å². The first kappa shape index (κ1) is 19.2. The normalized spacial score (nSPS) is 14.9. The number of hydrogen-bond donors (Lipinski definition) is 2. The van der Waals surface area contributed by atoms with Gasteiger partial charge in [-0.3, -0.25) is 14.5 Å². The molecule has 1 amide bonds. The lowest BCUT2D eigenvalue weighted by Gasteiger charge is -2.26. The molecule has 1 aliphatic rings. The van der Waals surface area contributed by atoms with Gasteiger partial charge in [0, 0.05) is 32.6 Å². The largest absolute Gasteiger partial charge is 0.492 e. The first-order valence-electron chi connectivity index (χ1n) is 8.64. The number of hydrogen-bond acceptors (Lipinski definition) is 5. The van der Waals surface area contributed by atoms with Gasteiger partial charge in [-0.25, -0.2) is 0 Å². The number of amides is 1. The van der Waals surface area contributed by atoms with Gasteiger partial charge >= 0.3 is 5.97 Å². The Morgan fingerprint density at radius 2 is 1.96 bits per heavy atom. The lowest BCUT2D eigenvalue weighted by atomic mass is 10.1. The van der Waals surface area contributed by atoms with E-state index in [1.807, 2.05) is 24.3 Å². The second kappa shape index (κ2) is 10.7. The van der Waals surface area contributed by atoms with Crippen LogP contribution < -0.4 is 10.1 Å². The Kier molecular flexibility index (Phi) is 8.21. The van der Waals surface area contributed by atoms with E-state index in [4.69, 9.17) is 14.6 Å². The molecule has 1 heterocycles. The second-order valence-corrected chi connectivity index (χ2v) is 5.90. The summed E-state index contributed by atoms with van der Waals surface area (Å²) >= 11 is 0. The van der Waals surface area contributed by atoms with Gasteiger partial charge in [-0.05, 0) is 18.1 Å². The molecule has 0 aromatic heterocycles. The number of nitrogens with one attached hydrogen (secondary N) is 1. The van der Waals surface area contributed by atoms with E-state index < -0.39 is 5.97 Å². The Hall–Kier alpha value is -2.12. The molecular weight excluding hydrogens is 324 g/mol. The summed E-state index contributed by atoms with van der Waals surface area (Å²) in [6.07, 6.45) is 0.507. The van der Waals surface area contributed by atoms with Crippen LogP contribution in [0.25, 0.3) is 0 Å². The molecule has 138 valence electrons. The van der Waals surface area contributed by atoms with Crippen molar-refractivity contribution in [1.29, 1.82) is 0 Å². The molecule has 1 saturated heterocycles. The Labute approximate surface area is 147 Å². The SMILES string of the molecule is O=C(O)CCC(=O)NCCc1ccccc1OCCN1CCOCC1. The first-order chi connectivity index (χ1) is 12.1. The number of nitrogens with zero attached hydrogens (tertiary/aromatic N) is 1. The lowest BCUT2D eigenvalue weighted by Crippen LogP contribution is -2.38. The van der Waals surface area contributed by atoms with Crippen LogP contribution in [0.5, 0.6) is 5.75 Å². The second-order valence-electron chi connectivity index (χ2n) is 5.90. The Morgan fingerprint density at radius 3 is 2.72 bits per heavy atom. The van der Waals surface area contributed by atoms with Crippen molar-refractivity contribution in [3.8, 4) is 5.75 Å². The summed E-state index contributed by atoms with van der Waals surface area (Å²) in [6.45, 7) is 5.37. The van der Waals surface area contributed by atoms with Crippen molar-refractivity contribution in [3.63, 3.8) is 0 Å². The van der Waals surface area contributed by atoms with Crippen molar-refractivity contribution in [2.24, 2.45) is 0 Å². The maximum absolute atomic E-state index is 11.5. The topological polar surface area (TPSA) is 88.1 Å². The molecule has 7 heteroatoms. The molecule has 0 radical (unpaired) electrons. The summed E-state index contributed by atoms with van der Waals surface area (Å²) < 4.78 is 11.2. The summed E-state index contributed by atoms with van der Waals surface area (Å²) in [4.78, 5) is 24.3. The molecule has 7 nitrogen and oxygen atoms in total. The van der Waals surface area contributed by atoms with E-state index in [1.165, 1.54) is 0 Å². The smallest absolute Gasteiger partial charge is 0.303 e. The average molecular weight is 350 g/mol. The van der Waals surface area contributed by atoms with Crippen molar-refractivity contribution in [2.75, 3.05) is 46.0 Å². The van der Waals surface area contributed by atoms with Crippen LogP contribution in [0, 0.1) is 0 Å². The van der Waals surface area contributed by atoms with Gasteiger partial charge in [-0.15, -0.1) is 0 Å².